The Morgan fingerprint density at radius 3 is 2.48 bits per heavy atom. The van der Waals surface area contributed by atoms with Crippen LogP contribution >= 0.6 is 23.2 Å². The van der Waals surface area contributed by atoms with Crippen molar-refractivity contribution in [3.05, 3.63) is 69.7 Å². The van der Waals surface area contributed by atoms with Gasteiger partial charge in [0.1, 0.15) is 0 Å². The third-order valence-electron chi connectivity index (χ3n) is 4.52. The van der Waals surface area contributed by atoms with E-state index in [9.17, 15) is 4.79 Å². The molecule has 23 heavy (non-hydrogen) atoms. The van der Waals surface area contributed by atoms with Crippen LogP contribution in [0, 0.1) is 0 Å². The van der Waals surface area contributed by atoms with Gasteiger partial charge in [-0.15, -0.1) is 0 Å². The Morgan fingerprint density at radius 1 is 1.04 bits per heavy atom. The van der Waals surface area contributed by atoms with E-state index in [0.29, 0.717) is 29.4 Å². The van der Waals surface area contributed by atoms with Gasteiger partial charge in [0.15, 0.2) is 0 Å². The topological polar surface area (TPSA) is 29.1 Å². The van der Waals surface area contributed by atoms with Crippen LogP contribution in [-0.4, -0.2) is 12.5 Å². The average molecular weight is 348 g/mol. The highest BCUT2D eigenvalue weighted by atomic mass is 35.5. The number of amides is 1. The normalized spacial score (nSPS) is 15.2. The number of hydrogen-bond donors (Lipinski definition) is 1. The smallest absolute Gasteiger partial charge is 0.220 e. The van der Waals surface area contributed by atoms with E-state index >= 15 is 0 Å². The maximum atomic E-state index is 12.1. The Hall–Kier alpha value is -1.51. The summed E-state index contributed by atoms with van der Waals surface area (Å²) in [5.41, 5.74) is 2.38. The summed E-state index contributed by atoms with van der Waals surface area (Å²) in [5.74, 6) is 0.0586. The molecule has 0 aliphatic heterocycles. The molecule has 2 aromatic rings. The minimum Gasteiger partial charge on any atom is -0.355 e. The van der Waals surface area contributed by atoms with Crippen molar-refractivity contribution < 1.29 is 4.79 Å². The van der Waals surface area contributed by atoms with Crippen LogP contribution in [0.2, 0.25) is 10.0 Å². The summed E-state index contributed by atoms with van der Waals surface area (Å²) in [7, 11) is 0. The molecule has 120 valence electrons. The second-order valence-electron chi connectivity index (χ2n) is 6.14. The molecule has 2 nitrogen and oxygen atoms in total. The van der Waals surface area contributed by atoms with Gasteiger partial charge in [-0.05, 0) is 36.5 Å². The molecular formula is C19H19Cl2NO. The van der Waals surface area contributed by atoms with E-state index in [-0.39, 0.29) is 11.3 Å². The van der Waals surface area contributed by atoms with Crippen molar-refractivity contribution in [1.82, 2.24) is 5.32 Å². The lowest BCUT2D eigenvalue weighted by Gasteiger charge is -2.16. The molecule has 1 amide bonds. The minimum absolute atomic E-state index is 0.0586. The van der Waals surface area contributed by atoms with Gasteiger partial charge in [-0.1, -0.05) is 65.7 Å². The summed E-state index contributed by atoms with van der Waals surface area (Å²) in [6.07, 6.45) is 3.29. The SMILES string of the molecule is O=C(CCc1cccc(Cl)c1Cl)NCC1(c2ccccc2)CC1. The molecule has 1 fully saturated rings. The van der Waals surface area contributed by atoms with Gasteiger partial charge in [-0.3, -0.25) is 4.79 Å². The molecule has 0 spiro atoms. The maximum Gasteiger partial charge on any atom is 0.220 e. The number of rotatable bonds is 6. The Morgan fingerprint density at radius 2 is 1.78 bits per heavy atom. The Kier molecular flexibility index (Phi) is 4.93. The van der Waals surface area contributed by atoms with Crippen LogP contribution in [0.3, 0.4) is 0 Å². The quantitative estimate of drug-likeness (QED) is 0.800. The molecule has 1 N–H and O–H groups in total. The lowest BCUT2D eigenvalue weighted by molar-refractivity contribution is -0.121. The van der Waals surface area contributed by atoms with Crippen molar-refractivity contribution in [3.8, 4) is 0 Å². The van der Waals surface area contributed by atoms with Gasteiger partial charge in [-0.25, -0.2) is 0 Å². The number of carbonyl (C=O) groups is 1. The molecule has 1 saturated carbocycles. The number of hydrogen-bond acceptors (Lipinski definition) is 1. The summed E-state index contributed by atoms with van der Waals surface area (Å²) < 4.78 is 0. The zero-order valence-electron chi connectivity index (χ0n) is 12.8. The molecule has 0 bridgehead atoms. The number of aryl methyl sites for hydroxylation is 1. The molecule has 3 rings (SSSR count). The van der Waals surface area contributed by atoms with Gasteiger partial charge in [-0.2, -0.15) is 0 Å². The summed E-state index contributed by atoms with van der Waals surface area (Å²) in [5, 5.41) is 4.15. The maximum absolute atomic E-state index is 12.1. The van der Waals surface area contributed by atoms with E-state index in [1.807, 2.05) is 18.2 Å². The third-order valence-corrected chi connectivity index (χ3v) is 5.37. The standard InChI is InChI=1S/C19H19Cl2NO/c20-16-8-4-5-14(18(16)21)9-10-17(23)22-13-19(11-12-19)15-6-2-1-3-7-15/h1-8H,9-13H2,(H,22,23). The predicted octanol–water partition coefficient (Wildman–Crippen LogP) is 4.77. The molecule has 1 aliphatic rings. The first kappa shape index (κ1) is 16.4. The van der Waals surface area contributed by atoms with Crippen molar-refractivity contribution in [1.29, 1.82) is 0 Å². The Bertz CT molecular complexity index is 696. The van der Waals surface area contributed by atoms with Crippen molar-refractivity contribution in [2.45, 2.75) is 31.1 Å². The van der Waals surface area contributed by atoms with E-state index in [2.05, 4.69) is 29.6 Å². The number of nitrogens with one attached hydrogen (secondary N) is 1. The Labute approximate surface area is 146 Å². The number of carbonyl (C=O) groups excluding carboxylic acids is 1. The highest BCUT2D eigenvalue weighted by Gasteiger charge is 2.44. The third kappa shape index (κ3) is 3.88. The van der Waals surface area contributed by atoms with Gasteiger partial charge in [0, 0.05) is 18.4 Å². The molecular weight excluding hydrogens is 329 g/mol. The molecule has 2 aromatic carbocycles. The highest BCUT2D eigenvalue weighted by molar-refractivity contribution is 6.42. The lowest BCUT2D eigenvalue weighted by atomic mass is 9.96. The first-order valence-corrected chi connectivity index (χ1v) is 8.61. The first-order chi connectivity index (χ1) is 11.1. The van der Waals surface area contributed by atoms with Gasteiger partial charge in [0.2, 0.25) is 5.91 Å². The van der Waals surface area contributed by atoms with Gasteiger partial charge in [0.25, 0.3) is 0 Å². The van der Waals surface area contributed by atoms with Crippen LogP contribution in [0.4, 0.5) is 0 Å². The van der Waals surface area contributed by atoms with Crippen LogP contribution in [0.25, 0.3) is 0 Å². The monoisotopic (exact) mass is 347 g/mol. The van der Waals surface area contributed by atoms with E-state index in [0.717, 1.165) is 18.4 Å². The summed E-state index contributed by atoms with van der Waals surface area (Å²) in [4.78, 5) is 12.1. The number of halogens is 2. The van der Waals surface area contributed by atoms with Crippen LogP contribution < -0.4 is 5.32 Å². The predicted molar refractivity (Wildman–Crippen MR) is 95.1 cm³/mol. The molecule has 0 aromatic heterocycles. The van der Waals surface area contributed by atoms with Crippen LogP contribution in [0.1, 0.15) is 30.4 Å². The van der Waals surface area contributed by atoms with Gasteiger partial charge < -0.3 is 5.32 Å². The second kappa shape index (κ2) is 6.94. The fourth-order valence-corrected chi connectivity index (χ4v) is 3.27. The van der Waals surface area contributed by atoms with Crippen LogP contribution in [0.15, 0.2) is 48.5 Å². The van der Waals surface area contributed by atoms with Crippen molar-refractivity contribution in [3.63, 3.8) is 0 Å². The molecule has 0 heterocycles. The first-order valence-electron chi connectivity index (χ1n) is 7.86. The lowest BCUT2D eigenvalue weighted by Crippen LogP contribution is -2.32. The minimum atomic E-state index is 0.0586. The Balaban J connectivity index is 1.52. The van der Waals surface area contributed by atoms with Crippen molar-refractivity contribution in [2.75, 3.05) is 6.54 Å². The highest BCUT2D eigenvalue weighted by Crippen LogP contribution is 2.47. The molecule has 0 atom stereocenters. The largest absolute Gasteiger partial charge is 0.355 e. The van der Waals surface area contributed by atoms with Crippen molar-refractivity contribution >= 4 is 29.1 Å². The fourth-order valence-electron chi connectivity index (χ4n) is 2.86. The zero-order chi connectivity index (χ0) is 16.3. The van der Waals surface area contributed by atoms with Crippen LogP contribution in [-0.2, 0) is 16.6 Å². The number of benzene rings is 2. The second-order valence-corrected chi connectivity index (χ2v) is 6.92. The van der Waals surface area contributed by atoms with E-state index in [1.54, 1.807) is 6.07 Å². The van der Waals surface area contributed by atoms with Gasteiger partial charge >= 0.3 is 0 Å². The van der Waals surface area contributed by atoms with Crippen molar-refractivity contribution in [2.24, 2.45) is 0 Å². The van der Waals surface area contributed by atoms with E-state index in [1.165, 1.54) is 5.56 Å². The molecule has 0 unspecified atom stereocenters. The summed E-state index contributed by atoms with van der Waals surface area (Å²) in [6.45, 7) is 0.707. The van der Waals surface area contributed by atoms with E-state index < -0.39 is 0 Å². The zero-order valence-corrected chi connectivity index (χ0v) is 14.3. The summed E-state index contributed by atoms with van der Waals surface area (Å²) in [6, 6.07) is 15.9. The van der Waals surface area contributed by atoms with Gasteiger partial charge in [0.05, 0.1) is 10.0 Å². The van der Waals surface area contributed by atoms with E-state index in [4.69, 9.17) is 23.2 Å². The average Bonchev–Trinajstić information content (AvgIpc) is 3.36. The molecule has 4 heteroatoms. The fraction of sp³-hybridized carbons (Fsp3) is 0.316. The van der Waals surface area contributed by atoms with Crippen LogP contribution in [0.5, 0.6) is 0 Å². The molecule has 0 saturated heterocycles. The molecule has 1 aliphatic carbocycles. The summed E-state index contributed by atoms with van der Waals surface area (Å²) >= 11 is 12.1. The molecule has 0 radical (unpaired) electrons.